The number of carbonyl (C=O) groups is 1. The van der Waals surface area contributed by atoms with Gasteiger partial charge in [0.05, 0.1) is 17.7 Å². The average molecular weight is 407 g/mol. The fourth-order valence-corrected chi connectivity index (χ4v) is 2.99. The van der Waals surface area contributed by atoms with Gasteiger partial charge >= 0.3 is 12.1 Å². The van der Waals surface area contributed by atoms with Crippen LogP contribution in [0, 0.1) is 5.82 Å². The van der Waals surface area contributed by atoms with Crippen LogP contribution in [0.3, 0.4) is 0 Å². The molecule has 3 rings (SSSR count). The number of pyridine rings is 1. The molecule has 0 amide bonds. The van der Waals surface area contributed by atoms with Crippen molar-refractivity contribution in [2.24, 2.45) is 4.99 Å². The number of carbonyl (C=O) groups excluding carboxylic acids is 1. The van der Waals surface area contributed by atoms with E-state index in [0.717, 1.165) is 6.07 Å². The van der Waals surface area contributed by atoms with E-state index in [9.17, 15) is 22.4 Å². The van der Waals surface area contributed by atoms with E-state index in [-0.39, 0.29) is 23.6 Å². The maximum Gasteiger partial charge on any atom is 0.419 e. The van der Waals surface area contributed by atoms with Crippen molar-refractivity contribution in [1.82, 2.24) is 10.3 Å². The molecule has 1 aliphatic heterocycles. The second-order valence-corrected chi connectivity index (χ2v) is 6.19. The van der Waals surface area contributed by atoms with Gasteiger partial charge in [-0.1, -0.05) is 18.2 Å². The molecule has 0 saturated heterocycles. The van der Waals surface area contributed by atoms with Gasteiger partial charge in [-0.15, -0.1) is 0 Å². The second-order valence-electron chi connectivity index (χ2n) is 6.19. The summed E-state index contributed by atoms with van der Waals surface area (Å²) < 4.78 is 59.4. The lowest BCUT2D eigenvalue weighted by molar-refractivity contribution is -0.140. The number of nitrogens with zero attached hydrogens (tertiary/aromatic N) is 2. The Kier molecular flexibility index (Phi) is 5.67. The van der Waals surface area contributed by atoms with E-state index in [4.69, 9.17) is 4.74 Å². The third-order valence-corrected chi connectivity index (χ3v) is 4.27. The number of ether oxygens (including phenoxy) is 1. The largest absolute Gasteiger partial charge is 0.463 e. The Morgan fingerprint density at radius 1 is 1.21 bits per heavy atom. The van der Waals surface area contributed by atoms with Crippen LogP contribution in [-0.2, 0) is 15.7 Å². The van der Waals surface area contributed by atoms with E-state index in [1.165, 1.54) is 12.3 Å². The van der Waals surface area contributed by atoms with Crippen molar-refractivity contribution in [3.63, 3.8) is 0 Å². The van der Waals surface area contributed by atoms with Gasteiger partial charge in [-0.2, -0.15) is 13.2 Å². The first kappa shape index (κ1) is 20.5. The fraction of sp³-hybridized carbons (Fsp3) is 0.250. The van der Waals surface area contributed by atoms with Crippen LogP contribution in [0.4, 0.5) is 17.6 Å². The van der Waals surface area contributed by atoms with Crippen molar-refractivity contribution < 1.29 is 27.1 Å². The molecule has 1 aromatic carbocycles. The fourth-order valence-electron chi connectivity index (χ4n) is 2.99. The van der Waals surface area contributed by atoms with E-state index in [0.29, 0.717) is 17.5 Å². The van der Waals surface area contributed by atoms with Gasteiger partial charge in [-0.3, -0.25) is 9.98 Å². The highest BCUT2D eigenvalue weighted by Gasteiger charge is 2.38. The molecule has 29 heavy (non-hydrogen) atoms. The molecule has 0 spiro atoms. The molecule has 0 radical (unpaired) electrons. The summed E-state index contributed by atoms with van der Waals surface area (Å²) >= 11 is 0. The predicted octanol–water partition coefficient (Wildman–Crippen LogP) is 4.17. The van der Waals surface area contributed by atoms with Gasteiger partial charge in [0.25, 0.3) is 0 Å². The number of aromatic nitrogens is 1. The van der Waals surface area contributed by atoms with Crippen molar-refractivity contribution in [2.75, 3.05) is 6.61 Å². The molecule has 0 aliphatic carbocycles. The Morgan fingerprint density at radius 2 is 1.97 bits per heavy atom. The number of halogens is 4. The van der Waals surface area contributed by atoms with Crippen LogP contribution in [0.25, 0.3) is 0 Å². The normalized spacial score (nSPS) is 16.9. The zero-order valence-electron chi connectivity index (χ0n) is 15.5. The van der Waals surface area contributed by atoms with Gasteiger partial charge in [0, 0.05) is 17.5 Å². The molecule has 2 heterocycles. The zero-order chi connectivity index (χ0) is 21.2. The van der Waals surface area contributed by atoms with Crippen LogP contribution in [0.15, 0.2) is 58.9 Å². The third-order valence-electron chi connectivity index (χ3n) is 4.27. The molecule has 0 fully saturated rings. The van der Waals surface area contributed by atoms with Gasteiger partial charge in [0.1, 0.15) is 17.6 Å². The highest BCUT2D eigenvalue weighted by atomic mass is 19.4. The topological polar surface area (TPSA) is 63.6 Å². The summed E-state index contributed by atoms with van der Waals surface area (Å²) in [4.78, 5) is 20.9. The smallest absolute Gasteiger partial charge is 0.419 e. The molecule has 5 nitrogen and oxygen atoms in total. The van der Waals surface area contributed by atoms with Crippen molar-refractivity contribution in [3.8, 4) is 0 Å². The first-order chi connectivity index (χ1) is 13.7. The Labute approximate surface area is 164 Å². The van der Waals surface area contributed by atoms with Crippen LogP contribution in [0.1, 0.15) is 36.7 Å². The third kappa shape index (κ3) is 4.13. The molecule has 9 heteroatoms. The van der Waals surface area contributed by atoms with Crippen molar-refractivity contribution in [1.29, 1.82) is 0 Å². The minimum atomic E-state index is -4.89. The van der Waals surface area contributed by atoms with E-state index in [2.05, 4.69) is 15.3 Å². The zero-order valence-corrected chi connectivity index (χ0v) is 15.5. The lowest BCUT2D eigenvalue weighted by atomic mass is 9.93. The Bertz CT molecular complexity index is 985. The summed E-state index contributed by atoms with van der Waals surface area (Å²) in [6.45, 7) is 3.18. The first-order valence-electron chi connectivity index (χ1n) is 8.73. The molecular weight excluding hydrogens is 390 g/mol. The number of hydrogen-bond donors (Lipinski definition) is 1. The molecule has 0 saturated carbocycles. The van der Waals surface area contributed by atoms with Gasteiger partial charge in [-0.05, 0) is 32.0 Å². The van der Waals surface area contributed by atoms with Crippen LogP contribution >= 0.6 is 0 Å². The van der Waals surface area contributed by atoms with Crippen LogP contribution in [-0.4, -0.2) is 23.4 Å². The number of esters is 1. The number of nitrogens with one attached hydrogen (secondary N) is 1. The summed E-state index contributed by atoms with van der Waals surface area (Å²) in [6, 6.07) is 6.59. The summed E-state index contributed by atoms with van der Waals surface area (Å²) in [5.41, 5.74) is -1.18. The van der Waals surface area contributed by atoms with Gasteiger partial charge in [0.2, 0.25) is 0 Å². The summed E-state index contributed by atoms with van der Waals surface area (Å²) in [7, 11) is 0. The number of rotatable bonds is 4. The van der Waals surface area contributed by atoms with Crippen LogP contribution in [0.2, 0.25) is 0 Å². The van der Waals surface area contributed by atoms with Crippen molar-refractivity contribution >= 4 is 11.8 Å². The number of amidine groups is 1. The van der Waals surface area contributed by atoms with E-state index in [1.54, 1.807) is 32.0 Å². The summed E-state index contributed by atoms with van der Waals surface area (Å²) in [5, 5.41) is 2.91. The van der Waals surface area contributed by atoms with E-state index >= 15 is 0 Å². The monoisotopic (exact) mass is 407 g/mol. The maximum absolute atomic E-state index is 14.8. The lowest BCUT2D eigenvalue weighted by Gasteiger charge is -2.26. The molecule has 1 aliphatic rings. The molecule has 1 aromatic heterocycles. The Hall–Kier alpha value is -3.23. The number of alkyl halides is 3. The molecule has 1 atom stereocenters. The highest BCUT2D eigenvalue weighted by molar-refractivity contribution is 6.02. The van der Waals surface area contributed by atoms with Crippen LogP contribution in [0.5, 0.6) is 0 Å². The van der Waals surface area contributed by atoms with E-state index < -0.39 is 29.6 Å². The van der Waals surface area contributed by atoms with Gasteiger partial charge < -0.3 is 10.1 Å². The number of allylic oxidation sites excluding steroid dienone is 1. The molecule has 1 unspecified atom stereocenters. The summed E-state index contributed by atoms with van der Waals surface area (Å²) in [6.07, 6.45) is -3.37. The molecule has 2 aromatic rings. The predicted molar refractivity (Wildman–Crippen MR) is 97.4 cm³/mol. The Balaban J connectivity index is 2.18. The number of aliphatic imine (C=N–C) groups is 1. The molecular formula is C20H17F4N3O2. The molecule has 0 bridgehead atoms. The quantitative estimate of drug-likeness (QED) is 0.611. The number of hydrogen-bond acceptors (Lipinski definition) is 5. The highest BCUT2D eigenvalue weighted by Crippen LogP contribution is 2.38. The standard InChI is InChI=1S/C20H17F4N3O2/c1-3-29-19(28)15-11(2)26-18(14-9-4-5-10-25-14)27-17(15)12-7-6-8-13(16(12)21)20(22,23)24/h4-10,17H,3H2,1-2H3,(H,26,27). The summed E-state index contributed by atoms with van der Waals surface area (Å²) in [5.74, 6) is -2.06. The lowest BCUT2D eigenvalue weighted by Crippen LogP contribution is -2.33. The van der Waals surface area contributed by atoms with Crippen LogP contribution < -0.4 is 5.32 Å². The molecule has 152 valence electrons. The average Bonchev–Trinajstić information content (AvgIpc) is 2.67. The van der Waals surface area contributed by atoms with Gasteiger partial charge in [0.15, 0.2) is 5.84 Å². The number of benzene rings is 1. The first-order valence-corrected chi connectivity index (χ1v) is 8.73. The SMILES string of the molecule is CCOC(=O)C1=C(C)NC(c2ccccn2)=NC1c1cccc(C(F)(F)F)c1F. The minimum Gasteiger partial charge on any atom is -0.463 e. The van der Waals surface area contributed by atoms with E-state index in [1.807, 2.05) is 0 Å². The Morgan fingerprint density at radius 3 is 2.59 bits per heavy atom. The molecule has 1 N–H and O–H groups in total. The van der Waals surface area contributed by atoms with Crippen molar-refractivity contribution in [2.45, 2.75) is 26.1 Å². The second kappa shape index (κ2) is 8.02. The van der Waals surface area contributed by atoms with Crippen molar-refractivity contribution in [3.05, 3.63) is 76.5 Å². The van der Waals surface area contributed by atoms with Gasteiger partial charge in [-0.25, -0.2) is 9.18 Å². The minimum absolute atomic E-state index is 0.0459. The maximum atomic E-state index is 14.8.